The SMILES string of the molecule is CC(C)(CNCc1c(Cl)ccc(Cl)c1Cl)N1CCOCC1. The number of benzene rings is 1. The van der Waals surface area contributed by atoms with Gasteiger partial charge in [0.25, 0.3) is 0 Å². The molecule has 1 heterocycles. The lowest BCUT2D eigenvalue weighted by atomic mass is 10.0. The molecule has 0 aliphatic carbocycles. The van der Waals surface area contributed by atoms with E-state index in [1.54, 1.807) is 12.1 Å². The number of halogens is 3. The fourth-order valence-electron chi connectivity index (χ4n) is 2.50. The first-order chi connectivity index (χ1) is 9.92. The van der Waals surface area contributed by atoms with E-state index in [-0.39, 0.29) is 5.54 Å². The Hall–Kier alpha value is -0.0300. The minimum Gasteiger partial charge on any atom is -0.379 e. The summed E-state index contributed by atoms with van der Waals surface area (Å²) in [6.45, 7) is 9.43. The van der Waals surface area contributed by atoms with Crippen LogP contribution in [0.3, 0.4) is 0 Å². The van der Waals surface area contributed by atoms with Crippen LogP contribution in [-0.2, 0) is 11.3 Å². The Kier molecular flexibility index (Phi) is 6.18. The largest absolute Gasteiger partial charge is 0.379 e. The first kappa shape index (κ1) is 17.3. The molecule has 6 heteroatoms. The van der Waals surface area contributed by atoms with Gasteiger partial charge >= 0.3 is 0 Å². The molecular weight excluding hydrogens is 331 g/mol. The topological polar surface area (TPSA) is 24.5 Å². The highest BCUT2D eigenvalue weighted by Gasteiger charge is 2.27. The number of nitrogens with one attached hydrogen (secondary N) is 1. The third-order valence-electron chi connectivity index (χ3n) is 3.87. The van der Waals surface area contributed by atoms with Gasteiger partial charge in [0, 0.05) is 42.3 Å². The van der Waals surface area contributed by atoms with Crippen LogP contribution in [0.1, 0.15) is 19.4 Å². The Labute approximate surface area is 141 Å². The molecule has 1 aliphatic rings. The maximum atomic E-state index is 6.21. The summed E-state index contributed by atoms with van der Waals surface area (Å²) in [6.07, 6.45) is 0. The molecule has 21 heavy (non-hydrogen) atoms. The third-order valence-corrected chi connectivity index (χ3v) is 5.06. The van der Waals surface area contributed by atoms with Crippen molar-refractivity contribution in [2.75, 3.05) is 32.8 Å². The van der Waals surface area contributed by atoms with Crippen LogP contribution < -0.4 is 5.32 Å². The molecule has 1 aliphatic heterocycles. The molecule has 0 atom stereocenters. The Bertz CT molecular complexity index is 488. The van der Waals surface area contributed by atoms with Crippen molar-refractivity contribution in [3.63, 3.8) is 0 Å². The van der Waals surface area contributed by atoms with Gasteiger partial charge in [0.2, 0.25) is 0 Å². The zero-order valence-electron chi connectivity index (χ0n) is 12.4. The monoisotopic (exact) mass is 350 g/mol. The van der Waals surface area contributed by atoms with Crippen LogP contribution in [0.4, 0.5) is 0 Å². The number of hydrogen-bond acceptors (Lipinski definition) is 3. The second kappa shape index (κ2) is 7.49. The highest BCUT2D eigenvalue weighted by atomic mass is 35.5. The van der Waals surface area contributed by atoms with Crippen LogP contribution >= 0.6 is 34.8 Å². The van der Waals surface area contributed by atoms with Crippen molar-refractivity contribution < 1.29 is 4.74 Å². The van der Waals surface area contributed by atoms with Crippen molar-refractivity contribution in [2.45, 2.75) is 25.9 Å². The van der Waals surface area contributed by atoms with Gasteiger partial charge in [0.1, 0.15) is 0 Å². The van der Waals surface area contributed by atoms with Crippen LogP contribution in [-0.4, -0.2) is 43.3 Å². The van der Waals surface area contributed by atoms with Crippen LogP contribution in [0.5, 0.6) is 0 Å². The highest BCUT2D eigenvalue weighted by molar-refractivity contribution is 6.44. The van der Waals surface area contributed by atoms with Gasteiger partial charge < -0.3 is 10.1 Å². The summed E-state index contributed by atoms with van der Waals surface area (Å²) in [5.74, 6) is 0. The lowest BCUT2D eigenvalue weighted by Crippen LogP contribution is -2.54. The third kappa shape index (κ3) is 4.47. The molecule has 2 rings (SSSR count). The molecule has 0 unspecified atom stereocenters. The maximum absolute atomic E-state index is 6.21. The molecule has 118 valence electrons. The minimum absolute atomic E-state index is 0.0569. The van der Waals surface area contributed by atoms with E-state index >= 15 is 0 Å². The zero-order valence-corrected chi connectivity index (χ0v) is 14.7. The highest BCUT2D eigenvalue weighted by Crippen LogP contribution is 2.31. The minimum atomic E-state index is 0.0569. The van der Waals surface area contributed by atoms with E-state index in [2.05, 4.69) is 24.1 Å². The number of morpholine rings is 1. The Balaban J connectivity index is 1.93. The molecule has 0 spiro atoms. The van der Waals surface area contributed by atoms with Gasteiger partial charge in [0.05, 0.1) is 23.3 Å². The quantitative estimate of drug-likeness (QED) is 0.816. The predicted molar refractivity (Wildman–Crippen MR) is 89.6 cm³/mol. The molecular formula is C15H21Cl3N2O. The van der Waals surface area contributed by atoms with Gasteiger partial charge in [-0.15, -0.1) is 0 Å². The summed E-state index contributed by atoms with van der Waals surface area (Å²) in [7, 11) is 0. The first-order valence-electron chi connectivity index (χ1n) is 7.08. The molecule has 1 N–H and O–H groups in total. The maximum Gasteiger partial charge on any atom is 0.0652 e. The van der Waals surface area contributed by atoms with E-state index in [9.17, 15) is 0 Å². The van der Waals surface area contributed by atoms with Crippen LogP contribution in [0.15, 0.2) is 12.1 Å². The van der Waals surface area contributed by atoms with Gasteiger partial charge in [-0.3, -0.25) is 4.90 Å². The van der Waals surface area contributed by atoms with Crippen LogP contribution in [0, 0.1) is 0 Å². The normalized spacial score (nSPS) is 17.2. The summed E-state index contributed by atoms with van der Waals surface area (Å²) in [6, 6.07) is 3.49. The number of nitrogens with zero attached hydrogens (tertiary/aromatic N) is 1. The van der Waals surface area contributed by atoms with E-state index in [0.717, 1.165) is 38.4 Å². The standard InChI is InChI=1S/C15H21Cl3N2O/c1-15(2,20-5-7-21-8-6-20)10-19-9-11-12(16)3-4-13(17)14(11)18/h3-4,19H,5-10H2,1-2H3. The van der Waals surface area contributed by atoms with Gasteiger partial charge in [-0.2, -0.15) is 0 Å². The van der Waals surface area contributed by atoms with Crippen molar-refractivity contribution in [3.05, 3.63) is 32.8 Å². The molecule has 1 fully saturated rings. The lowest BCUT2D eigenvalue weighted by Gasteiger charge is -2.41. The summed E-state index contributed by atoms with van der Waals surface area (Å²) in [5, 5.41) is 5.14. The summed E-state index contributed by atoms with van der Waals surface area (Å²) in [5.41, 5.74) is 0.907. The second-order valence-electron chi connectivity index (χ2n) is 5.84. The van der Waals surface area contributed by atoms with E-state index in [1.807, 2.05) is 0 Å². The summed E-state index contributed by atoms with van der Waals surface area (Å²) >= 11 is 18.4. The molecule has 0 radical (unpaired) electrons. The molecule has 1 aromatic rings. The first-order valence-corrected chi connectivity index (χ1v) is 8.21. The lowest BCUT2D eigenvalue weighted by molar-refractivity contribution is -0.00966. The van der Waals surface area contributed by atoms with E-state index in [0.29, 0.717) is 21.6 Å². The van der Waals surface area contributed by atoms with Crippen molar-refractivity contribution in [2.24, 2.45) is 0 Å². The van der Waals surface area contributed by atoms with Gasteiger partial charge in [-0.25, -0.2) is 0 Å². The van der Waals surface area contributed by atoms with E-state index in [4.69, 9.17) is 39.5 Å². The molecule has 0 bridgehead atoms. The van der Waals surface area contributed by atoms with Gasteiger partial charge in [-0.1, -0.05) is 34.8 Å². The predicted octanol–water partition coefficient (Wildman–Crippen LogP) is 3.85. The van der Waals surface area contributed by atoms with Crippen molar-refractivity contribution in [3.8, 4) is 0 Å². The zero-order chi connectivity index (χ0) is 15.5. The van der Waals surface area contributed by atoms with E-state index in [1.165, 1.54) is 0 Å². The smallest absolute Gasteiger partial charge is 0.0652 e. The fourth-order valence-corrected chi connectivity index (χ4v) is 3.19. The Morgan fingerprint density at radius 3 is 2.43 bits per heavy atom. The molecule has 0 amide bonds. The van der Waals surface area contributed by atoms with Crippen LogP contribution in [0.25, 0.3) is 0 Å². The van der Waals surface area contributed by atoms with Crippen molar-refractivity contribution >= 4 is 34.8 Å². The number of rotatable bonds is 5. The molecule has 0 aromatic heterocycles. The average Bonchev–Trinajstić information content (AvgIpc) is 2.48. The average molecular weight is 352 g/mol. The number of ether oxygens (including phenoxy) is 1. The molecule has 3 nitrogen and oxygen atoms in total. The Morgan fingerprint density at radius 1 is 1.14 bits per heavy atom. The number of hydrogen-bond donors (Lipinski definition) is 1. The molecule has 0 saturated carbocycles. The molecule has 1 aromatic carbocycles. The second-order valence-corrected chi connectivity index (χ2v) is 7.03. The van der Waals surface area contributed by atoms with Gasteiger partial charge in [0.15, 0.2) is 0 Å². The molecule has 1 saturated heterocycles. The summed E-state index contributed by atoms with van der Waals surface area (Å²) < 4.78 is 5.40. The summed E-state index contributed by atoms with van der Waals surface area (Å²) in [4.78, 5) is 2.44. The Morgan fingerprint density at radius 2 is 1.76 bits per heavy atom. The van der Waals surface area contributed by atoms with E-state index < -0.39 is 0 Å². The fraction of sp³-hybridized carbons (Fsp3) is 0.600. The van der Waals surface area contributed by atoms with Crippen molar-refractivity contribution in [1.82, 2.24) is 10.2 Å². The van der Waals surface area contributed by atoms with Crippen LogP contribution in [0.2, 0.25) is 15.1 Å². The van der Waals surface area contributed by atoms with Crippen molar-refractivity contribution in [1.29, 1.82) is 0 Å². The van der Waals surface area contributed by atoms with Gasteiger partial charge in [-0.05, 0) is 26.0 Å².